The molecule has 8 nitrogen and oxygen atoms in total. The number of nitrogens with zero attached hydrogens (tertiary/aromatic N) is 3. The summed E-state index contributed by atoms with van der Waals surface area (Å²) in [4.78, 5) is 46.1. The highest BCUT2D eigenvalue weighted by Crippen LogP contribution is 2.41. The van der Waals surface area contributed by atoms with Crippen molar-refractivity contribution in [3.8, 4) is 0 Å². The number of hydrogen-bond acceptors (Lipinski definition) is 5. The number of benzene rings is 1. The summed E-state index contributed by atoms with van der Waals surface area (Å²) >= 11 is 0. The molecule has 2 saturated heterocycles. The van der Waals surface area contributed by atoms with Gasteiger partial charge in [-0.25, -0.2) is 8.78 Å². The molecule has 4 rings (SSSR count). The van der Waals surface area contributed by atoms with Crippen LogP contribution >= 0.6 is 0 Å². The first-order chi connectivity index (χ1) is 19.3. The minimum atomic E-state index is -0.779. The van der Waals surface area contributed by atoms with E-state index >= 15 is 0 Å². The molecule has 3 aliphatic rings. The predicted octanol–water partition coefficient (Wildman–Crippen LogP) is 3.38. The van der Waals surface area contributed by atoms with Crippen LogP contribution in [0.15, 0.2) is 30.5 Å². The minimum Gasteiger partial charge on any atom is -0.374 e. The summed E-state index contributed by atoms with van der Waals surface area (Å²) in [5, 5.41) is 2.83. The molecule has 0 radical (unpaired) electrons. The lowest BCUT2D eigenvalue weighted by Crippen LogP contribution is -2.50. The van der Waals surface area contributed by atoms with Gasteiger partial charge in [-0.3, -0.25) is 14.4 Å². The monoisotopic (exact) mass is 573 g/mol. The first-order valence-corrected chi connectivity index (χ1v) is 14.8. The zero-order valence-corrected chi connectivity index (χ0v) is 24.8. The first kappa shape index (κ1) is 30.9. The Morgan fingerprint density at radius 1 is 1.10 bits per heavy atom. The average molecular weight is 574 g/mol. The number of hydrogen-bond donors (Lipinski definition) is 2. The Bertz CT molecular complexity index is 1160. The average Bonchev–Trinajstić information content (AvgIpc) is 3.53. The van der Waals surface area contributed by atoms with Crippen molar-refractivity contribution in [2.24, 2.45) is 17.1 Å². The van der Waals surface area contributed by atoms with Gasteiger partial charge in [0.15, 0.2) is 0 Å². The number of carbonyl (C=O) groups is 3. The van der Waals surface area contributed by atoms with Crippen LogP contribution in [-0.4, -0.2) is 83.3 Å². The third-order valence-corrected chi connectivity index (χ3v) is 9.31. The summed E-state index contributed by atoms with van der Waals surface area (Å²) in [6.07, 6.45) is 4.09. The smallest absolute Gasteiger partial charge is 0.242 e. The SMILES string of the molecule is C=C(C)N1CC(C(=O)N2C[C@@H](N(C(C)=O)C3CCC(C)(C)CC3)C[C@H]2C(=O)NCCN)[C@@H](c2ccc(F)cc2F)C1. The lowest BCUT2D eigenvalue weighted by Gasteiger charge is -2.42. The maximum Gasteiger partial charge on any atom is 0.242 e. The van der Waals surface area contributed by atoms with Crippen molar-refractivity contribution in [1.29, 1.82) is 0 Å². The van der Waals surface area contributed by atoms with E-state index < -0.39 is 29.5 Å². The first-order valence-electron chi connectivity index (χ1n) is 14.8. The van der Waals surface area contributed by atoms with Gasteiger partial charge in [0.2, 0.25) is 17.7 Å². The highest BCUT2D eigenvalue weighted by atomic mass is 19.1. The van der Waals surface area contributed by atoms with Crippen LogP contribution in [0.3, 0.4) is 0 Å². The molecule has 1 aromatic rings. The lowest BCUT2D eigenvalue weighted by atomic mass is 9.75. The molecule has 2 aliphatic heterocycles. The fourth-order valence-corrected chi connectivity index (χ4v) is 6.99. The zero-order chi connectivity index (χ0) is 30.1. The van der Waals surface area contributed by atoms with Crippen LogP contribution in [-0.2, 0) is 14.4 Å². The molecule has 10 heteroatoms. The van der Waals surface area contributed by atoms with E-state index in [-0.39, 0.29) is 60.4 Å². The van der Waals surface area contributed by atoms with Gasteiger partial charge in [0.1, 0.15) is 17.7 Å². The summed E-state index contributed by atoms with van der Waals surface area (Å²) in [6, 6.07) is 2.41. The van der Waals surface area contributed by atoms with E-state index in [2.05, 4.69) is 25.7 Å². The highest BCUT2D eigenvalue weighted by Gasteiger charge is 2.49. The summed E-state index contributed by atoms with van der Waals surface area (Å²) in [7, 11) is 0. The molecule has 41 heavy (non-hydrogen) atoms. The number of amides is 3. The minimum absolute atomic E-state index is 0.0553. The van der Waals surface area contributed by atoms with E-state index in [1.165, 1.54) is 12.1 Å². The van der Waals surface area contributed by atoms with Crippen LogP contribution < -0.4 is 11.1 Å². The zero-order valence-electron chi connectivity index (χ0n) is 24.8. The second kappa shape index (κ2) is 12.5. The predicted molar refractivity (Wildman–Crippen MR) is 154 cm³/mol. The Morgan fingerprint density at radius 2 is 1.78 bits per heavy atom. The van der Waals surface area contributed by atoms with Gasteiger partial charge in [0, 0.05) is 63.4 Å². The molecular weight excluding hydrogens is 528 g/mol. The maximum absolute atomic E-state index is 15.0. The molecule has 0 bridgehead atoms. The lowest BCUT2D eigenvalue weighted by molar-refractivity contribution is -0.142. The molecule has 0 aromatic heterocycles. The molecule has 1 saturated carbocycles. The second-order valence-electron chi connectivity index (χ2n) is 12.8. The maximum atomic E-state index is 15.0. The van der Waals surface area contributed by atoms with Gasteiger partial charge in [0.25, 0.3) is 0 Å². The molecule has 3 fully saturated rings. The van der Waals surface area contributed by atoms with Gasteiger partial charge in [-0.05, 0) is 56.1 Å². The highest BCUT2D eigenvalue weighted by molar-refractivity contribution is 5.90. The molecule has 3 N–H and O–H groups in total. The van der Waals surface area contributed by atoms with E-state index in [9.17, 15) is 23.2 Å². The third-order valence-electron chi connectivity index (χ3n) is 9.31. The molecule has 1 aromatic carbocycles. The van der Waals surface area contributed by atoms with Crippen LogP contribution in [0.25, 0.3) is 0 Å². The molecule has 0 spiro atoms. The quantitative estimate of drug-likeness (QED) is 0.497. The van der Waals surface area contributed by atoms with Gasteiger partial charge >= 0.3 is 0 Å². The normalized spacial score (nSPS) is 26.2. The Hall–Kier alpha value is -3.01. The molecule has 4 atom stereocenters. The topological polar surface area (TPSA) is 99.0 Å². The van der Waals surface area contributed by atoms with Crippen molar-refractivity contribution in [3.63, 3.8) is 0 Å². The van der Waals surface area contributed by atoms with E-state index in [0.29, 0.717) is 19.5 Å². The van der Waals surface area contributed by atoms with Crippen LogP contribution in [0.5, 0.6) is 0 Å². The molecular formula is C31H45F2N5O3. The number of nitrogens with two attached hydrogens (primary N) is 1. The van der Waals surface area contributed by atoms with Crippen LogP contribution in [0.4, 0.5) is 8.78 Å². The summed E-state index contributed by atoms with van der Waals surface area (Å²) in [5.41, 5.74) is 6.87. The van der Waals surface area contributed by atoms with Gasteiger partial charge in [-0.2, -0.15) is 0 Å². The molecule has 3 amide bonds. The van der Waals surface area contributed by atoms with Crippen molar-refractivity contribution < 1.29 is 23.2 Å². The third kappa shape index (κ3) is 6.74. The van der Waals surface area contributed by atoms with E-state index in [4.69, 9.17) is 5.73 Å². The number of nitrogens with one attached hydrogen (secondary N) is 1. The van der Waals surface area contributed by atoms with Crippen molar-refractivity contribution in [2.45, 2.75) is 83.8 Å². The van der Waals surface area contributed by atoms with Crippen LogP contribution in [0, 0.1) is 23.0 Å². The number of likely N-dealkylation sites (tertiary alicyclic amines) is 2. The van der Waals surface area contributed by atoms with Crippen molar-refractivity contribution in [1.82, 2.24) is 20.0 Å². The number of carbonyl (C=O) groups excluding carboxylic acids is 3. The molecule has 226 valence electrons. The number of allylic oxidation sites excluding steroid dienone is 1. The van der Waals surface area contributed by atoms with Crippen molar-refractivity contribution in [2.75, 3.05) is 32.7 Å². The van der Waals surface area contributed by atoms with E-state index in [1.807, 2.05) is 16.7 Å². The molecule has 1 aliphatic carbocycles. The van der Waals surface area contributed by atoms with Crippen molar-refractivity contribution >= 4 is 17.7 Å². The Balaban J connectivity index is 1.64. The van der Waals surface area contributed by atoms with Gasteiger partial charge < -0.3 is 25.8 Å². The van der Waals surface area contributed by atoms with Gasteiger partial charge in [0.05, 0.1) is 12.0 Å². The molecule has 1 unspecified atom stereocenters. The second-order valence-corrected chi connectivity index (χ2v) is 12.8. The largest absolute Gasteiger partial charge is 0.374 e. The van der Waals surface area contributed by atoms with Crippen LogP contribution in [0.1, 0.15) is 71.3 Å². The fourth-order valence-electron chi connectivity index (χ4n) is 6.99. The Labute approximate surface area is 242 Å². The number of rotatable bonds is 8. The molecule has 2 heterocycles. The van der Waals surface area contributed by atoms with Crippen LogP contribution in [0.2, 0.25) is 0 Å². The van der Waals surface area contributed by atoms with E-state index in [0.717, 1.165) is 37.4 Å². The summed E-state index contributed by atoms with van der Waals surface area (Å²) in [6.45, 7) is 13.3. The Kier molecular flexibility index (Phi) is 9.41. The van der Waals surface area contributed by atoms with Gasteiger partial charge in [-0.15, -0.1) is 0 Å². The summed E-state index contributed by atoms with van der Waals surface area (Å²) in [5.74, 6) is -3.23. The Morgan fingerprint density at radius 3 is 2.37 bits per heavy atom. The fraction of sp³-hybridized carbons (Fsp3) is 0.645. The van der Waals surface area contributed by atoms with E-state index in [1.54, 1.807) is 11.8 Å². The van der Waals surface area contributed by atoms with Gasteiger partial charge in [-0.1, -0.05) is 26.5 Å². The standard InChI is InChI=1S/C31H45F2N5O3/c1-19(2)36-17-25(24-7-6-21(32)14-27(24)33)26(18-36)30(41)37-16-23(15-28(37)29(40)35-13-12-34)38(20(3)39)22-8-10-31(4,5)11-9-22/h6-7,14,22-23,25-26,28H,1,8-13,15-18,34H2,2-5H3,(H,35,40)/t23-,25+,26?,28-/m0/s1. The summed E-state index contributed by atoms with van der Waals surface area (Å²) < 4.78 is 28.7. The van der Waals surface area contributed by atoms with Crippen molar-refractivity contribution in [3.05, 3.63) is 47.7 Å². The number of halogens is 2.